The van der Waals surface area contributed by atoms with Gasteiger partial charge in [-0.3, -0.25) is 14.5 Å². The van der Waals surface area contributed by atoms with Crippen LogP contribution in [0.3, 0.4) is 0 Å². The summed E-state index contributed by atoms with van der Waals surface area (Å²) in [5.74, 6) is -0.291. The first-order valence-electron chi connectivity index (χ1n) is 8.85. The minimum absolute atomic E-state index is 0. The lowest BCUT2D eigenvalue weighted by Crippen LogP contribution is -2.43. The van der Waals surface area contributed by atoms with E-state index in [-0.39, 0.29) is 48.7 Å². The molecule has 0 radical (unpaired) electrons. The zero-order chi connectivity index (χ0) is 17.6. The van der Waals surface area contributed by atoms with Crippen molar-refractivity contribution in [1.82, 2.24) is 10.2 Å². The Balaban J connectivity index is 0.00000182. The zero-order valence-electron chi connectivity index (χ0n) is 15.2. The second-order valence-electron chi connectivity index (χ2n) is 6.71. The Hall–Kier alpha value is -1.38. The van der Waals surface area contributed by atoms with Crippen molar-refractivity contribution in [3.63, 3.8) is 0 Å². The number of amides is 2. The van der Waals surface area contributed by atoms with E-state index < -0.39 is 0 Å². The Morgan fingerprint density at radius 1 is 1.33 bits per heavy atom. The molecule has 2 amide bonds. The monoisotopic (exact) mass is 418 g/mol. The highest BCUT2D eigenvalue weighted by atomic mass is 35.5. The lowest BCUT2D eigenvalue weighted by molar-refractivity contribution is -0.122. The molecule has 2 unspecified atom stereocenters. The van der Waals surface area contributed by atoms with E-state index in [1.807, 2.05) is 24.3 Å². The number of halogens is 2. The van der Waals surface area contributed by atoms with Crippen LogP contribution in [0.15, 0.2) is 24.3 Å². The number of nitrogens with one attached hydrogen (secondary N) is 2. The van der Waals surface area contributed by atoms with Gasteiger partial charge in [0.2, 0.25) is 11.8 Å². The maximum atomic E-state index is 12.2. The number of rotatable bonds is 6. The quantitative estimate of drug-likeness (QED) is 0.646. The number of nitrogens with two attached hydrogens (primary N) is 1. The highest BCUT2D eigenvalue weighted by molar-refractivity contribution is 5.91. The molecule has 2 heterocycles. The molecule has 4 N–H and O–H groups in total. The number of hydrogen-bond acceptors (Lipinski definition) is 5. The van der Waals surface area contributed by atoms with Crippen LogP contribution >= 0.6 is 24.8 Å². The third-order valence-electron chi connectivity index (χ3n) is 4.72. The van der Waals surface area contributed by atoms with Gasteiger partial charge < -0.3 is 21.1 Å². The van der Waals surface area contributed by atoms with Crippen molar-refractivity contribution in [3.8, 4) is 0 Å². The van der Waals surface area contributed by atoms with Crippen molar-refractivity contribution in [3.05, 3.63) is 29.8 Å². The van der Waals surface area contributed by atoms with Gasteiger partial charge in [0.1, 0.15) is 0 Å². The second-order valence-corrected chi connectivity index (χ2v) is 6.71. The number of ether oxygens (including phenoxy) is 1. The number of anilines is 1. The van der Waals surface area contributed by atoms with E-state index in [2.05, 4.69) is 15.5 Å². The van der Waals surface area contributed by atoms with Crippen LogP contribution in [0.2, 0.25) is 0 Å². The third-order valence-corrected chi connectivity index (χ3v) is 4.72. The number of morpholine rings is 1. The predicted molar refractivity (Wildman–Crippen MR) is 109 cm³/mol. The van der Waals surface area contributed by atoms with Crippen LogP contribution in [0, 0.1) is 0 Å². The van der Waals surface area contributed by atoms with Crippen molar-refractivity contribution in [1.29, 1.82) is 0 Å². The highest BCUT2D eigenvalue weighted by Gasteiger charge is 2.28. The molecule has 9 heteroatoms. The lowest BCUT2D eigenvalue weighted by atomic mass is 10.1. The molecule has 0 aliphatic carbocycles. The molecule has 2 aliphatic rings. The van der Waals surface area contributed by atoms with Gasteiger partial charge in [0.15, 0.2) is 0 Å². The largest absolute Gasteiger partial charge is 0.378 e. The van der Waals surface area contributed by atoms with E-state index in [1.165, 1.54) is 0 Å². The Labute approximate surface area is 172 Å². The molecule has 0 saturated carbocycles. The van der Waals surface area contributed by atoms with E-state index in [1.54, 1.807) is 0 Å². The molecule has 2 aliphatic heterocycles. The van der Waals surface area contributed by atoms with Crippen LogP contribution in [0.25, 0.3) is 0 Å². The van der Waals surface area contributed by atoms with Gasteiger partial charge in [-0.15, -0.1) is 24.8 Å². The van der Waals surface area contributed by atoms with Crippen molar-refractivity contribution in [2.24, 2.45) is 5.73 Å². The summed E-state index contributed by atoms with van der Waals surface area (Å²) >= 11 is 0. The fraction of sp³-hybridized carbons (Fsp3) is 0.556. The zero-order valence-corrected chi connectivity index (χ0v) is 16.8. The summed E-state index contributed by atoms with van der Waals surface area (Å²) in [4.78, 5) is 25.8. The van der Waals surface area contributed by atoms with E-state index in [0.29, 0.717) is 26.2 Å². The van der Waals surface area contributed by atoms with Crippen LogP contribution in [-0.2, 0) is 20.9 Å². The Kier molecular flexibility index (Phi) is 10.0. The van der Waals surface area contributed by atoms with E-state index in [0.717, 1.165) is 37.2 Å². The summed E-state index contributed by atoms with van der Waals surface area (Å²) in [6.07, 6.45) is 2.20. The van der Waals surface area contributed by atoms with Crippen LogP contribution < -0.4 is 16.4 Å². The van der Waals surface area contributed by atoms with Gasteiger partial charge in [-0.1, -0.05) is 12.1 Å². The number of likely N-dealkylation sites (tertiary alicyclic amines) is 1. The van der Waals surface area contributed by atoms with Crippen LogP contribution in [0.5, 0.6) is 0 Å². The van der Waals surface area contributed by atoms with Gasteiger partial charge in [-0.2, -0.15) is 0 Å². The first-order valence-corrected chi connectivity index (χ1v) is 8.85. The van der Waals surface area contributed by atoms with Crippen LogP contribution in [-0.4, -0.2) is 55.1 Å². The molecule has 0 bridgehead atoms. The number of carbonyl (C=O) groups excluding carboxylic acids is 2. The van der Waals surface area contributed by atoms with Crippen molar-refractivity contribution < 1.29 is 14.3 Å². The Bertz CT molecular complexity index is 626. The standard InChI is InChI=1S/C18H26N4O3.2ClH/c19-18(24)16-5-2-7-22(16)11-13-3-1-4-14(9-13)21-17(23)10-15-12-25-8-6-20-15;;/h1,3-4,9,15-16,20H,2,5-8,10-12H2,(H2,19,24)(H,21,23);2*1H. The summed E-state index contributed by atoms with van der Waals surface area (Å²) in [6, 6.07) is 7.64. The Morgan fingerprint density at radius 3 is 2.85 bits per heavy atom. The molecule has 27 heavy (non-hydrogen) atoms. The molecule has 0 spiro atoms. The number of benzene rings is 1. The molecular formula is C18H28Cl2N4O3. The molecule has 152 valence electrons. The Morgan fingerprint density at radius 2 is 2.15 bits per heavy atom. The van der Waals surface area contributed by atoms with Gasteiger partial charge >= 0.3 is 0 Å². The van der Waals surface area contributed by atoms with E-state index >= 15 is 0 Å². The first kappa shape index (κ1) is 23.7. The van der Waals surface area contributed by atoms with Gasteiger partial charge in [0.25, 0.3) is 0 Å². The number of carbonyl (C=O) groups is 2. The third kappa shape index (κ3) is 6.93. The van der Waals surface area contributed by atoms with E-state index in [9.17, 15) is 9.59 Å². The topological polar surface area (TPSA) is 96.7 Å². The number of nitrogens with zero attached hydrogens (tertiary/aromatic N) is 1. The van der Waals surface area contributed by atoms with Crippen LogP contribution in [0.1, 0.15) is 24.8 Å². The molecule has 7 nitrogen and oxygen atoms in total. The van der Waals surface area contributed by atoms with Gasteiger partial charge in [0, 0.05) is 31.2 Å². The molecule has 1 aromatic rings. The second kappa shape index (κ2) is 11.5. The first-order chi connectivity index (χ1) is 12.1. The molecule has 2 fully saturated rings. The van der Waals surface area contributed by atoms with Gasteiger partial charge in [-0.05, 0) is 37.1 Å². The molecule has 2 atom stereocenters. The van der Waals surface area contributed by atoms with Crippen molar-refractivity contribution in [2.45, 2.75) is 37.9 Å². The molecular weight excluding hydrogens is 391 g/mol. The summed E-state index contributed by atoms with van der Waals surface area (Å²) in [7, 11) is 0. The minimum Gasteiger partial charge on any atom is -0.378 e. The fourth-order valence-corrected chi connectivity index (χ4v) is 3.51. The van der Waals surface area contributed by atoms with Crippen molar-refractivity contribution >= 4 is 42.3 Å². The summed E-state index contributed by atoms with van der Waals surface area (Å²) in [5.41, 5.74) is 7.31. The molecule has 2 saturated heterocycles. The average Bonchev–Trinajstić information content (AvgIpc) is 3.04. The maximum absolute atomic E-state index is 12.2. The summed E-state index contributed by atoms with van der Waals surface area (Å²) in [5, 5.41) is 6.22. The highest BCUT2D eigenvalue weighted by Crippen LogP contribution is 2.21. The minimum atomic E-state index is -0.260. The molecule has 1 aromatic carbocycles. The SMILES string of the molecule is Cl.Cl.NC(=O)C1CCCN1Cc1cccc(NC(=O)CC2COCCN2)c1. The lowest BCUT2D eigenvalue weighted by Gasteiger charge is -2.23. The molecule has 3 rings (SSSR count). The number of hydrogen-bond donors (Lipinski definition) is 3. The van der Waals surface area contributed by atoms with E-state index in [4.69, 9.17) is 10.5 Å². The molecule has 0 aromatic heterocycles. The van der Waals surface area contributed by atoms with Gasteiger partial charge in [-0.25, -0.2) is 0 Å². The van der Waals surface area contributed by atoms with Crippen LogP contribution in [0.4, 0.5) is 5.69 Å². The number of primary amides is 1. The maximum Gasteiger partial charge on any atom is 0.234 e. The summed E-state index contributed by atoms with van der Waals surface area (Å²) < 4.78 is 5.37. The smallest absolute Gasteiger partial charge is 0.234 e. The predicted octanol–water partition coefficient (Wildman–Crippen LogP) is 1.30. The average molecular weight is 419 g/mol. The normalized spacial score (nSPS) is 22.4. The summed E-state index contributed by atoms with van der Waals surface area (Å²) in [6.45, 7) is 3.58. The van der Waals surface area contributed by atoms with Gasteiger partial charge in [0.05, 0.1) is 19.3 Å². The van der Waals surface area contributed by atoms with Crippen molar-refractivity contribution in [2.75, 3.05) is 31.6 Å². The fourth-order valence-electron chi connectivity index (χ4n) is 3.51.